The molecule has 1 aromatic carbocycles. The summed E-state index contributed by atoms with van der Waals surface area (Å²) in [5.41, 5.74) is 4.36. The van der Waals surface area contributed by atoms with Crippen LogP contribution in [-0.2, 0) is 4.84 Å². The summed E-state index contributed by atoms with van der Waals surface area (Å²) in [6.07, 6.45) is 4.90. The first kappa shape index (κ1) is 13.1. The molecule has 0 fully saturated rings. The van der Waals surface area contributed by atoms with Gasteiger partial charge in [0, 0.05) is 17.1 Å². The normalized spacial score (nSPS) is 10.5. The lowest BCUT2D eigenvalue weighted by atomic mass is 10.2. The molecule has 0 saturated heterocycles. The molecular weight excluding hydrogens is 268 g/mol. The van der Waals surface area contributed by atoms with E-state index in [4.69, 9.17) is 9.57 Å². The van der Waals surface area contributed by atoms with Gasteiger partial charge < -0.3 is 9.72 Å². The van der Waals surface area contributed by atoms with Crippen molar-refractivity contribution in [3.8, 4) is 11.6 Å². The Morgan fingerprint density at radius 1 is 1.29 bits per heavy atom. The predicted molar refractivity (Wildman–Crippen MR) is 81.1 cm³/mol. The number of rotatable bonds is 5. The second-order valence-corrected chi connectivity index (χ2v) is 4.28. The summed E-state index contributed by atoms with van der Waals surface area (Å²) in [4.78, 5) is 16.2. The van der Waals surface area contributed by atoms with Gasteiger partial charge >= 0.3 is 0 Å². The van der Waals surface area contributed by atoms with Crippen LogP contribution in [0.15, 0.2) is 43.4 Å². The fourth-order valence-corrected chi connectivity index (χ4v) is 2.03. The number of anilines is 1. The number of aromatic nitrogens is 3. The number of H-pyrrole nitrogens is 1. The largest absolute Gasteiger partial charge is 0.438 e. The summed E-state index contributed by atoms with van der Waals surface area (Å²) in [5.74, 6) is 1.60. The first-order chi connectivity index (χ1) is 10.3. The third-order valence-electron chi connectivity index (χ3n) is 2.99. The first-order valence-electron chi connectivity index (χ1n) is 6.33. The number of hydrogen-bond acceptors (Lipinski definition) is 5. The fraction of sp³-hybridized carbons (Fsp3) is 0.0667. The third kappa shape index (κ3) is 2.56. The second-order valence-electron chi connectivity index (χ2n) is 4.28. The van der Waals surface area contributed by atoms with E-state index < -0.39 is 0 Å². The number of nitrogens with zero attached hydrogens (tertiary/aromatic N) is 2. The smallest absolute Gasteiger partial charge is 0.231 e. The van der Waals surface area contributed by atoms with Gasteiger partial charge in [0.15, 0.2) is 5.82 Å². The highest BCUT2D eigenvalue weighted by atomic mass is 16.6. The zero-order chi connectivity index (χ0) is 14.7. The summed E-state index contributed by atoms with van der Waals surface area (Å²) in [6.45, 7) is 3.76. The first-order valence-corrected chi connectivity index (χ1v) is 6.33. The highest BCUT2D eigenvalue weighted by molar-refractivity contribution is 5.81. The molecule has 6 heteroatoms. The van der Waals surface area contributed by atoms with Gasteiger partial charge in [-0.25, -0.2) is 15.4 Å². The van der Waals surface area contributed by atoms with Crippen LogP contribution >= 0.6 is 0 Å². The minimum atomic E-state index is 0.412. The van der Waals surface area contributed by atoms with E-state index in [9.17, 15) is 0 Å². The van der Waals surface area contributed by atoms with Gasteiger partial charge in [-0.05, 0) is 24.3 Å². The number of benzene rings is 1. The summed E-state index contributed by atoms with van der Waals surface area (Å²) in [6, 6.07) is 7.74. The molecule has 0 aliphatic carbocycles. The summed E-state index contributed by atoms with van der Waals surface area (Å²) >= 11 is 0. The van der Waals surface area contributed by atoms with Crippen LogP contribution in [0.4, 0.5) is 5.82 Å². The maximum Gasteiger partial charge on any atom is 0.231 e. The van der Waals surface area contributed by atoms with Crippen molar-refractivity contribution in [3.63, 3.8) is 0 Å². The maximum atomic E-state index is 5.83. The molecule has 21 heavy (non-hydrogen) atoms. The van der Waals surface area contributed by atoms with Gasteiger partial charge in [0.1, 0.15) is 12.1 Å². The molecule has 3 aromatic rings. The number of aromatic amines is 1. The number of fused-ring (bicyclic) bond motifs is 1. The van der Waals surface area contributed by atoms with E-state index in [1.165, 1.54) is 13.4 Å². The third-order valence-corrected chi connectivity index (χ3v) is 2.99. The molecule has 0 radical (unpaired) electrons. The van der Waals surface area contributed by atoms with Gasteiger partial charge in [0.25, 0.3) is 0 Å². The van der Waals surface area contributed by atoms with Gasteiger partial charge in [0.2, 0.25) is 5.88 Å². The molecule has 2 aromatic heterocycles. The topological polar surface area (TPSA) is 72.1 Å². The molecule has 0 bridgehead atoms. The van der Waals surface area contributed by atoms with Gasteiger partial charge in [-0.2, -0.15) is 0 Å². The number of nitrogens with one attached hydrogen (secondary N) is 2. The van der Waals surface area contributed by atoms with Crippen LogP contribution in [0.5, 0.6) is 11.6 Å². The van der Waals surface area contributed by atoms with Gasteiger partial charge in [-0.1, -0.05) is 12.7 Å². The van der Waals surface area contributed by atoms with Crippen LogP contribution < -0.4 is 10.2 Å². The summed E-state index contributed by atoms with van der Waals surface area (Å²) in [5, 5.41) is 1.07. The minimum absolute atomic E-state index is 0.412. The van der Waals surface area contributed by atoms with Crippen molar-refractivity contribution in [2.75, 3.05) is 12.6 Å². The van der Waals surface area contributed by atoms with Crippen molar-refractivity contribution in [2.24, 2.45) is 0 Å². The average Bonchev–Trinajstić information content (AvgIpc) is 2.95. The quantitative estimate of drug-likeness (QED) is 0.702. The second kappa shape index (κ2) is 5.64. The van der Waals surface area contributed by atoms with E-state index in [-0.39, 0.29) is 0 Å². The van der Waals surface area contributed by atoms with Gasteiger partial charge in [-0.15, -0.1) is 0 Å². The van der Waals surface area contributed by atoms with Crippen molar-refractivity contribution >= 4 is 22.8 Å². The average molecular weight is 282 g/mol. The fourth-order valence-electron chi connectivity index (χ4n) is 2.03. The van der Waals surface area contributed by atoms with Crippen molar-refractivity contribution in [1.82, 2.24) is 15.0 Å². The van der Waals surface area contributed by atoms with Crippen LogP contribution in [0.3, 0.4) is 0 Å². The molecule has 3 rings (SSSR count). The zero-order valence-corrected chi connectivity index (χ0v) is 11.5. The maximum absolute atomic E-state index is 5.83. The monoisotopic (exact) mass is 282 g/mol. The Kier molecular flexibility index (Phi) is 3.53. The highest BCUT2D eigenvalue weighted by Crippen LogP contribution is 2.29. The van der Waals surface area contributed by atoms with E-state index in [2.05, 4.69) is 27.0 Å². The van der Waals surface area contributed by atoms with Crippen LogP contribution in [0, 0.1) is 0 Å². The molecule has 6 nitrogen and oxygen atoms in total. The molecule has 0 unspecified atom stereocenters. The molecular formula is C15H14N4O2. The van der Waals surface area contributed by atoms with Crippen molar-refractivity contribution in [1.29, 1.82) is 0 Å². The van der Waals surface area contributed by atoms with Gasteiger partial charge in [0.05, 0.1) is 12.7 Å². The van der Waals surface area contributed by atoms with Gasteiger partial charge in [-0.3, -0.25) is 4.84 Å². The lowest BCUT2D eigenvalue weighted by Gasteiger charge is -2.11. The number of ether oxygens (including phenoxy) is 1. The standard InChI is InChI=1S/C15H14N4O2/c1-3-12-14(19-20-2)17-9-18-15(12)21-11-4-5-13-10(8-11)6-7-16-13/h3-9,16H,1H2,2H3,(H,17,18,19). The Hall–Kier alpha value is -2.86. The Morgan fingerprint density at radius 3 is 3.00 bits per heavy atom. The molecule has 0 aliphatic heterocycles. The van der Waals surface area contributed by atoms with E-state index in [0.29, 0.717) is 23.0 Å². The van der Waals surface area contributed by atoms with Crippen LogP contribution in [0.1, 0.15) is 5.56 Å². The molecule has 0 atom stereocenters. The summed E-state index contributed by atoms with van der Waals surface area (Å²) in [7, 11) is 1.51. The molecule has 106 valence electrons. The SMILES string of the molecule is C=Cc1c(NOC)ncnc1Oc1ccc2[nH]ccc2c1. The molecule has 0 amide bonds. The van der Waals surface area contributed by atoms with Crippen LogP contribution in [0.2, 0.25) is 0 Å². The molecule has 0 aliphatic rings. The van der Waals surface area contributed by atoms with E-state index in [0.717, 1.165) is 10.9 Å². The molecule has 2 heterocycles. The lowest BCUT2D eigenvalue weighted by Crippen LogP contribution is -2.03. The Bertz CT molecular complexity index is 782. The number of hydrogen-bond donors (Lipinski definition) is 2. The highest BCUT2D eigenvalue weighted by Gasteiger charge is 2.11. The molecule has 0 saturated carbocycles. The Labute approximate surface area is 121 Å². The summed E-state index contributed by atoms with van der Waals surface area (Å²) < 4.78 is 5.83. The van der Waals surface area contributed by atoms with Crippen LogP contribution in [0.25, 0.3) is 17.0 Å². The molecule has 2 N–H and O–H groups in total. The van der Waals surface area contributed by atoms with Crippen molar-refractivity contribution in [3.05, 3.63) is 48.9 Å². The van der Waals surface area contributed by atoms with E-state index >= 15 is 0 Å². The Morgan fingerprint density at radius 2 is 2.19 bits per heavy atom. The minimum Gasteiger partial charge on any atom is -0.438 e. The van der Waals surface area contributed by atoms with Crippen molar-refractivity contribution < 1.29 is 9.57 Å². The van der Waals surface area contributed by atoms with Crippen LogP contribution in [-0.4, -0.2) is 22.1 Å². The predicted octanol–water partition coefficient (Wildman–Crippen LogP) is 3.37. The lowest BCUT2D eigenvalue weighted by molar-refractivity contribution is 0.268. The Balaban J connectivity index is 1.96. The van der Waals surface area contributed by atoms with E-state index in [1.807, 2.05) is 30.5 Å². The van der Waals surface area contributed by atoms with E-state index in [1.54, 1.807) is 6.08 Å². The zero-order valence-electron chi connectivity index (χ0n) is 11.5. The van der Waals surface area contributed by atoms with Crippen molar-refractivity contribution in [2.45, 2.75) is 0 Å². The molecule has 0 spiro atoms.